The van der Waals surface area contributed by atoms with Crippen molar-refractivity contribution in [2.24, 2.45) is 0 Å². The summed E-state index contributed by atoms with van der Waals surface area (Å²) in [6.45, 7) is 6.26. The van der Waals surface area contributed by atoms with Gasteiger partial charge in [-0.15, -0.1) is 0 Å². The minimum absolute atomic E-state index is 0.132. The van der Waals surface area contributed by atoms with Crippen molar-refractivity contribution < 1.29 is 28.6 Å². The molecule has 0 heterocycles. The van der Waals surface area contributed by atoms with E-state index in [1.165, 1.54) is 44.9 Å². The van der Waals surface area contributed by atoms with Crippen LogP contribution in [0.25, 0.3) is 0 Å². The van der Waals surface area contributed by atoms with Crippen molar-refractivity contribution in [1.82, 2.24) is 0 Å². The average molecular weight is 951 g/mol. The Bertz CT molecular complexity index is 1560. The topological polar surface area (TPSA) is 78.9 Å². The molecular formula is C63H98O6. The Balaban J connectivity index is 4.60. The van der Waals surface area contributed by atoms with Gasteiger partial charge in [-0.2, -0.15) is 0 Å². The summed E-state index contributed by atoms with van der Waals surface area (Å²) in [4.78, 5) is 38.1. The first-order valence-electron chi connectivity index (χ1n) is 27.3. The predicted octanol–water partition coefficient (Wildman–Crippen LogP) is 18.4. The number of hydrogen-bond donors (Lipinski definition) is 0. The molecule has 0 aromatic rings. The van der Waals surface area contributed by atoms with Gasteiger partial charge in [0.05, 0.1) is 0 Å². The summed E-state index contributed by atoms with van der Waals surface area (Å²) in [5.74, 6) is -1.07. The molecular weight excluding hydrogens is 853 g/mol. The van der Waals surface area contributed by atoms with Crippen LogP contribution in [0.1, 0.15) is 213 Å². The summed E-state index contributed by atoms with van der Waals surface area (Å²) in [6.07, 6.45) is 79.9. The van der Waals surface area contributed by atoms with Gasteiger partial charge in [-0.05, 0) is 128 Å². The van der Waals surface area contributed by atoms with Crippen LogP contribution in [0.4, 0.5) is 0 Å². The number of esters is 3. The van der Waals surface area contributed by atoms with Gasteiger partial charge >= 0.3 is 17.9 Å². The maximum absolute atomic E-state index is 12.8. The molecule has 0 unspecified atom stereocenters. The third-order valence-corrected chi connectivity index (χ3v) is 10.8. The minimum Gasteiger partial charge on any atom is -0.462 e. The highest BCUT2D eigenvalue weighted by molar-refractivity contribution is 5.71. The summed E-state index contributed by atoms with van der Waals surface area (Å²) in [5, 5.41) is 0. The molecule has 6 nitrogen and oxygen atoms in total. The normalized spacial score (nSPS) is 13.3. The fourth-order valence-corrected chi connectivity index (χ4v) is 6.78. The van der Waals surface area contributed by atoms with Crippen LogP contribution >= 0.6 is 0 Å². The molecule has 0 N–H and O–H groups in total. The SMILES string of the molecule is CC/C=C\C/C=C\C/C=C\C/C=C\C/C=C\C/C=C\CCC(=O)OC[C@H](COC(=O)CCCC/C=C\C/C=C\C/C=C\C/C=C\CC)OC(=O)CCCCCCCCC/C=C\C/C=C\CCCCC. The third kappa shape index (κ3) is 54.1. The van der Waals surface area contributed by atoms with E-state index in [0.29, 0.717) is 12.8 Å². The molecule has 0 radical (unpaired) electrons. The van der Waals surface area contributed by atoms with Crippen molar-refractivity contribution >= 4 is 17.9 Å². The Kier molecular flexibility index (Phi) is 52.1. The van der Waals surface area contributed by atoms with Crippen molar-refractivity contribution in [3.05, 3.63) is 146 Å². The van der Waals surface area contributed by atoms with Gasteiger partial charge in [-0.1, -0.05) is 212 Å². The first kappa shape index (κ1) is 64.3. The maximum atomic E-state index is 12.8. The van der Waals surface area contributed by atoms with Crippen LogP contribution in [0.15, 0.2) is 146 Å². The van der Waals surface area contributed by atoms with Gasteiger partial charge in [0.25, 0.3) is 0 Å². The fourth-order valence-electron chi connectivity index (χ4n) is 6.78. The Morgan fingerprint density at radius 1 is 0.304 bits per heavy atom. The van der Waals surface area contributed by atoms with Crippen LogP contribution in [0.3, 0.4) is 0 Å². The van der Waals surface area contributed by atoms with Crippen LogP contribution in [-0.2, 0) is 28.6 Å². The molecule has 386 valence electrons. The highest BCUT2D eigenvalue weighted by Gasteiger charge is 2.19. The van der Waals surface area contributed by atoms with Gasteiger partial charge in [0.15, 0.2) is 6.10 Å². The van der Waals surface area contributed by atoms with Crippen LogP contribution in [0, 0.1) is 0 Å². The zero-order valence-electron chi connectivity index (χ0n) is 44.0. The van der Waals surface area contributed by atoms with Crippen LogP contribution in [-0.4, -0.2) is 37.2 Å². The molecule has 0 aliphatic carbocycles. The number of hydrogen-bond acceptors (Lipinski definition) is 6. The zero-order valence-corrected chi connectivity index (χ0v) is 44.0. The van der Waals surface area contributed by atoms with E-state index < -0.39 is 6.10 Å². The van der Waals surface area contributed by atoms with Crippen LogP contribution in [0.5, 0.6) is 0 Å². The van der Waals surface area contributed by atoms with Crippen molar-refractivity contribution in [2.75, 3.05) is 13.2 Å². The lowest BCUT2D eigenvalue weighted by molar-refractivity contribution is -0.166. The number of ether oxygens (including phenoxy) is 3. The van der Waals surface area contributed by atoms with Gasteiger partial charge in [-0.25, -0.2) is 0 Å². The molecule has 1 atom stereocenters. The lowest BCUT2D eigenvalue weighted by Gasteiger charge is -2.18. The standard InChI is InChI=1S/C63H98O6/c1-4-7-10-13-16-19-22-25-28-30-31-33-35-38-41-44-47-50-53-56-62(65)68-59-60(58-67-61(64)55-52-49-46-43-40-37-34-27-24-21-18-15-12-9-6-3)69-63(66)57-54-51-48-45-42-39-36-32-29-26-23-20-17-14-11-8-5-2/h7,9-10,12,16-21,25-29,31,33-34,38,40-41,43,47,50,60H,4-6,8,11,13-15,22-24,30,32,35-37,39,42,44-46,48-49,51-59H2,1-3H3/b10-7-,12-9-,19-16-,20-17-,21-18-,28-25-,29-26-,33-31-,34-27-,41-38-,43-40-,50-47-/t60-/m0/s1. The van der Waals surface area contributed by atoms with Gasteiger partial charge in [0.2, 0.25) is 0 Å². The molecule has 0 aliphatic rings. The molecule has 0 saturated heterocycles. The highest BCUT2D eigenvalue weighted by Crippen LogP contribution is 2.12. The van der Waals surface area contributed by atoms with Crippen molar-refractivity contribution in [1.29, 1.82) is 0 Å². The van der Waals surface area contributed by atoms with E-state index in [1.54, 1.807) is 0 Å². The molecule has 0 aromatic heterocycles. The van der Waals surface area contributed by atoms with E-state index in [-0.39, 0.29) is 50.4 Å². The Morgan fingerprint density at radius 3 is 1.00 bits per heavy atom. The van der Waals surface area contributed by atoms with E-state index in [1.807, 2.05) is 12.2 Å². The van der Waals surface area contributed by atoms with Crippen LogP contribution < -0.4 is 0 Å². The molecule has 0 aromatic carbocycles. The number of allylic oxidation sites excluding steroid dienone is 24. The minimum atomic E-state index is -0.837. The van der Waals surface area contributed by atoms with E-state index in [4.69, 9.17) is 14.2 Å². The highest BCUT2D eigenvalue weighted by atomic mass is 16.6. The lowest BCUT2D eigenvalue weighted by atomic mass is 10.1. The van der Waals surface area contributed by atoms with Gasteiger partial charge in [0.1, 0.15) is 13.2 Å². The van der Waals surface area contributed by atoms with Crippen molar-refractivity contribution in [2.45, 2.75) is 219 Å². The van der Waals surface area contributed by atoms with E-state index >= 15 is 0 Å². The summed E-state index contributed by atoms with van der Waals surface area (Å²) in [7, 11) is 0. The number of rotatable bonds is 47. The lowest BCUT2D eigenvalue weighted by Crippen LogP contribution is -2.30. The Labute approximate surface area is 423 Å². The molecule has 69 heavy (non-hydrogen) atoms. The van der Waals surface area contributed by atoms with Crippen LogP contribution in [0.2, 0.25) is 0 Å². The summed E-state index contributed by atoms with van der Waals surface area (Å²) in [6, 6.07) is 0. The number of carbonyl (C=O) groups is 3. The summed E-state index contributed by atoms with van der Waals surface area (Å²) < 4.78 is 16.7. The van der Waals surface area contributed by atoms with Crippen molar-refractivity contribution in [3.63, 3.8) is 0 Å². The largest absolute Gasteiger partial charge is 0.462 e. The first-order chi connectivity index (χ1) is 34.0. The van der Waals surface area contributed by atoms with E-state index in [9.17, 15) is 14.4 Å². The van der Waals surface area contributed by atoms with Crippen molar-refractivity contribution in [3.8, 4) is 0 Å². The van der Waals surface area contributed by atoms with Gasteiger partial charge in [0, 0.05) is 19.3 Å². The van der Waals surface area contributed by atoms with Gasteiger partial charge < -0.3 is 14.2 Å². The molecule has 0 amide bonds. The second-order valence-corrected chi connectivity index (χ2v) is 17.4. The molecule has 0 rings (SSSR count). The predicted molar refractivity (Wildman–Crippen MR) is 297 cm³/mol. The quantitative estimate of drug-likeness (QED) is 0.0262. The molecule has 6 heteroatoms. The second kappa shape index (κ2) is 55.9. The van der Waals surface area contributed by atoms with E-state index in [2.05, 4.69) is 154 Å². The molecule has 0 spiro atoms. The average Bonchev–Trinajstić information content (AvgIpc) is 3.35. The third-order valence-electron chi connectivity index (χ3n) is 10.8. The summed E-state index contributed by atoms with van der Waals surface area (Å²) >= 11 is 0. The van der Waals surface area contributed by atoms with E-state index in [0.717, 1.165) is 116 Å². The maximum Gasteiger partial charge on any atom is 0.306 e. The fraction of sp³-hybridized carbons (Fsp3) is 0.571. The monoisotopic (exact) mass is 951 g/mol. The smallest absolute Gasteiger partial charge is 0.306 e. The molecule has 0 fully saturated rings. The zero-order chi connectivity index (χ0) is 50.0. The number of unbranched alkanes of at least 4 members (excludes halogenated alkanes) is 12. The molecule has 0 aliphatic heterocycles. The number of carbonyl (C=O) groups excluding carboxylic acids is 3. The summed E-state index contributed by atoms with van der Waals surface area (Å²) in [5.41, 5.74) is 0. The molecule has 0 saturated carbocycles. The second-order valence-electron chi connectivity index (χ2n) is 17.4. The first-order valence-corrected chi connectivity index (χ1v) is 27.3. The molecule has 0 bridgehead atoms. The van der Waals surface area contributed by atoms with Gasteiger partial charge in [-0.3, -0.25) is 14.4 Å². The Morgan fingerprint density at radius 2 is 0.594 bits per heavy atom. The Hall–Kier alpha value is -4.71.